The highest BCUT2D eigenvalue weighted by Gasteiger charge is 2.18. The first-order valence-electron chi connectivity index (χ1n) is 5.59. The monoisotopic (exact) mass is 226 g/mol. The first-order chi connectivity index (χ1) is 7.31. The third-order valence-electron chi connectivity index (χ3n) is 2.92. The molecule has 1 unspecified atom stereocenters. The van der Waals surface area contributed by atoms with Crippen LogP contribution in [0.4, 0.5) is 0 Å². The molecule has 3 heteroatoms. The van der Waals surface area contributed by atoms with Crippen molar-refractivity contribution in [1.29, 1.82) is 0 Å². The third kappa shape index (κ3) is 2.60. The van der Waals surface area contributed by atoms with Gasteiger partial charge in [-0.1, -0.05) is 0 Å². The van der Waals surface area contributed by atoms with E-state index < -0.39 is 0 Å². The summed E-state index contributed by atoms with van der Waals surface area (Å²) in [5.74, 6) is 0. The van der Waals surface area contributed by atoms with Gasteiger partial charge < -0.3 is 9.84 Å². The van der Waals surface area contributed by atoms with Crippen LogP contribution in [0.5, 0.6) is 0 Å². The first-order valence-corrected chi connectivity index (χ1v) is 6.41. The van der Waals surface area contributed by atoms with E-state index in [9.17, 15) is 5.11 Å². The summed E-state index contributed by atoms with van der Waals surface area (Å²) >= 11 is 1.80. The molecule has 0 saturated heterocycles. The molecule has 0 saturated carbocycles. The van der Waals surface area contributed by atoms with Gasteiger partial charge in [0.15, 0.2) is 0 Å². The molecule has 2 rings (SSSR count). The van der Waals surface area contributed by atoms with Crippen LogP contribution in [0.25, 0.3) is 0 Å². The van der Waals surface area contributed by atoms with Crippen molar-refractivity contribution in [2.24, 2.45) is 0 Å². The van der Waals surface area contributed by atoms with Crippen molar-refractivity contribution in [3.8, 4) is 0 Å². The minimum atomic E-state index is -0.282. The Bertz CT molecular complexity index is 298. The summed E-state index contributed by atoms with van der Waals surface area (Å²) in [6, 6.07) is 2.20. The lowest BCUT2D eigenvalue weighted by atomic mass is 10.1. The minimum absolute atomic E-state index is 0.282. The predicted octanol–water partition coefficient (Wildman–Crippen LogP) is 2.70. The smallest absolute Gasteiger partial charge is 0.0883 e. The SMILES string of the molecule is COCCCC(O)c1cc2c(s1)CCC2. The van der Waals surface area contributed by atoms with Gasteiger partial charge in [-0.15, -0.1) is 11.3 Å². The van der Waals surface area contributed by atoms with Gasteiger partial charge in [0.05, 0.1) is 6.10 Å². The molecule has 1 heterocycles. The van der Waals surface area contributed by atoms with E-state index in [1.54, 1.807) is 18.4 Å². The second-order valence-electron chi connectivity index (χ2n) is 4.10. The fraction of sp³-hybridized carbons (Fsp3) is 0.667. The van der Waals surface area contributed by atoms with Crippen LogP contribution in [0.15, 0.2) is 6.07 Å². The van der Waals surface area contributed by atoms with Crippen molar-refractivity contribution < 1.29 is 9.84 Å². The van der Waals surface area contributed by atoms with Crippen LogP contribution in [0.1, 0.15) is 40.7 Å². The number of aliphatic hydroxyl groups excluding tert-OH is 1. The first kappa shape index (κ1) is 11.1. The second kappa shape index (κ2) is 5.10. The summed E-state index contributed by atoms with van der Waals surface area (Å²) in [5.41, 5.74) is 1.47. The Kier molecular flexibility index (Phi) is 3.78. The number of rotatable bonds is 5. The standard InChI is InChI=1S/C12H18O2S/c1-14-7-3-5-10(13)12-8-9-4-2-6-11(9)15-12/h8,10,13H,2-7H2,1H3. The van der Waals surface area contributed by atoms with E-state index in [0.29, 0.717) is 0 Å². The molecule has 1 aliphatic rings. The normalized spacial score (nSPS) is 16.7. The third-order valence-corrected chi connectivity index (χ3v) is 4.26. The van der Waals surface area contributed by atoms with Crippen molar-refractivity contribution in [1.82, 2.24) is 0 Å². The summed E-state index contributed by atoms with van der Waals surface area (Å²) < 4.78 is 4.98. The molecular weight excluding hydrogens is 208 g/mol. The number of hydrogen-bond donors (Lipinski definition) is 1. The number of ether oxygens (including phenoxy) is 1. The molecular formula is C12H18O2S. The number of thiophene rings is 1. The molecule has 1 aromatic heterocycles. The van der Waals surface area contributed by atoms with Crippen molar-refractivity contribution in [2.75, 3.05) is 13.7 Å². The molecule has 15 heavy (non-hydrogen) atoms. The van der Waals surface area contributed by atoms with Crippen LogP contribution in [-0.2, 0) is 17.6 Å². The maximum absolute atomic E-state index is 9.96. The van der Waals surface area contributed by atoms with Crippen LogP contribution in [0.3, 0.4) is 0 Å². The molecule has 0 spiro atoms. The zero-order chi connectivity index (χ0) is 10.7. The fourth-order valence-electron chi connectivity index (χ4n) is 2.08. The summed E-state index contributed by atoms with van der Waals surface area (Å²) in [5, 5.41) is 9.96. The zero-order valence-electron chi connectivity index (χ0n) is 9.16. The van der Waals surface area contributed by atoms with E-state index in [4.69, 9.17) is 4.74 Å². The minimum Gasteiger partial charge on any atom is -0.388 e. The Balaban J connectivity index is 1.91. The number of fused-ring (bicyclic) bond motifs is 1. The van der Waals surface area contributed by atoms with Gasteiger partial charge in [-0.25, -0.2) is 0 Å². The van der Waals surface area contributed by atoms with E-state index in [0.717, 1.165) is 24.3 Å². The largest absolute Gasteiger partial charge is 0.388 e. The Morgan fingerprint density at radius 3 is 3.13 bits per heavy atom. The Morgan fingerprint density at radius 2 is 2.40 bits per heavy atom. The summed E-state index contributed by atoms with van der Waals surface area (Å²) in [6.07, 6.45) is 5.17. The van der Waals surface area contributed by atoms with Crippen LogP contribution in [0.2, 0.25) is 0 Å². The number of aliphatic hydroxyl groups is 1. The van der Waals surface area contributed by atoms with Crippen LogP contribution in [0, 0.1) is 0 Å². The fourth-order valence-corrected chi connectivity index (χ4v) is 3.36. The molecule has 1 aliphatic carbocycles. The molecule has 1 aromatic rings. The van der Waals surface area contributed by atoms with Crippen LogP contribution < -0.4 is 0 Å². The van der Waals surface area contributed by atoms with E-state index in [-0.39, 0.29) is 6.10 Å². The zero-order valence-corrected chi connectivity index (χ0v) is 9.98. The molecule has 0 fully saturated rings. The topological polar surface area (TPSA) is 29.5 Å². The highest BCUT2D eigenvalue weighted by atomic mass is 32.1. The lowest BCUT2D eigenvalue weighted by Gasteiger charge is -2.07. The number of aryl methyl sites for hydroxylation is 2. The molecule has 1 N–H and O–H groups in total. The Hall–Kier alpha value is -0.380. The van der Waals surface area contributed by atoms with E-state index in [2.05, 4.69) is 6.07 Å². The van der Waals surface area contributed by atoms with Gasteiger partial charge in [-0.3, -0.25) is 0 Å². The van der Waals surface area contributed by atoms with Crippen molar-refractivity contribution >= 4 is 11.3 Å². The lowest BCUT2D eigenvalue weighted by molar-refractivity contribution is 0.138. The molecule has 0 aromatic carbocycles. The van der Waals surface area contributed by atoms with E-state index in [1.165, 1.54) is 29.7 Å². The molecule has 0 amide bonds. The van der Waals surface area contributed by atoms with Gasteiger partial charge in [-0.2, -0.15) is 0 Å². The molecule has 2 nitrogen and oxygen atoms in total. The van der Waals surface area contributed by atoms with Crippen LogP contribution >= 0.6 is 11.3 Å². The van der Waals surface area contributed by atoms with Gasteiger partial charge in [-0.05, 0) is 43.7 Å². The quantitative estimate of drug-likeness (QED) is 0.782. The Morgan fingerprint density at radius 1 is 1.53 bits per heavy atom. The maximum Gasteiger partial charge on any atom is 0.0883 e. The highest BCUT2D eigenvalue weighted by molar-refractivity contribution is 7.12. The number of hydrogen-bond acceptors (Lipinski definition) is 3. The summed E-state index contributed by atoms with van der Waals surface area (Å²) in [6.45, 7) is 0.738. The molecule has 84 valence electrons. The van der Waals surface area contributed by atoms with Gasteiger partial charge in [0.25, 0.3) is 0 Å². The van der Waals surface area contributed by atoms with E-state index in [1.807, 2.05) is 0 Å². The molecule has 0 bridgehead atoms. The lowest BCUT2D eigenvalue weighted by Crippen LogP contribution is -1.97. The molecule has 0 radical (unpaired) electrons. The Labute approximate surface area is 94.9 Å². The van der Waals surface area contributed by atoms with Crippen molar-refractivity contribution in [3.05, 3.63) is 21.4 Å². The van der Waals surface area contributed by atoms with E-state index >= 15 is 0 Å². The van der Waals surface area contributed by atoms with Gasteiger partial charge >= 0.3 is 0 Å². The summed E-state index contributed by atoms with van der Waals surface area (Å²) in [4.78, 5) is 2.64. The number of methoxy groups -OCH3 is 1. The van der Waals surface area contributed by atoms with Gasteiger partial charge in [0.1, 0.15) is 0 Å². The highest BCUT2D eigenvalue weighted by Crippen LogP contribution is 2.34. The van der Waals surface area contributed by atoms with Crippen molar-refractivity contribution in [3.63, 3.8) is 0 Å². The maximum atomic E-state index is 9.96. The predicted molar refractivity (Wildman–Crippen MR) is 62.4 cm³/mol. The average molecular weight is 226 g/mol. The van der Waals surface area contributed by atoms with Gasteiger partial charge in [0.2, 0.25) is 0 Å². The average Bonchev–Trinajstić information content (AvgIpc) is 2.76. The second-order valence-corrected chi connectivity index (χ2v) is 5.27. The molecule has 0 aliphatic heterocycles. The molecule has 1 atom stereocenters. The summed E-state index contributed by atoms with van der Waals surface area (Å²) in [7, 11) is 1.70. The van der Waals surface area contributed by atoms with Gasteiger partial charge in [0, 0.05) is 23.5 Å². The van der Waals surface area contributed by atoms with Crippen LogP contribution in [-0.4, -0.2) is 18.8 Å². The van der Waals surface area contributed by atoms with Crippen molar-refractivity contribution in [2.45, 2.75) is 38.2 Å².